The van der Waals surface area contributed by atoms with Gasteiger partial charge in [-0.1, -0.05) is 13.3 Å². The van der Waals surface area contributed by atoms with E-state index >= 15 is 0 Å². The number of aliphatic hydroxyl groups excluding tert-OH is 1. The van der Waals surface area contributed by atoms with Crippen molar-refractivity contribution >= 4 is 21.6 Å². The minimum atomic E-state index is 0.261. The van der Waals surface area contributed by atoms with E-state index in [9.17, 15) is 0 Å². The summed E-state index contributed by atoms with van der Waals surface area (Å²) in [6.07, 6.45) is 5.49. The predicted octanol–water partition coefficient (Wildman–Crippen LogP) is 2.66. The summed E-state index contributed by atoms with van der Waals surface area (Å²) in [6, 6.07) is 2.00. The first-order valence-electron chi connectivity index (χ1n) is 5.21. The lowest BCUT2D eigenvalue weighted by molar-refractivity contribution is 0.258. The van der Waals surface area contributed by atoms with Crippen molar-refractivity contribution in [1.82, 2.24) is 4.98 Å². The largest absolute Gasteiger partial charge is 0.396 e. The number of hydrogen-bond acceptors (Lipinski definition) is 3. The molecule has 0 aliphatic heterocycles. The van der Waals surface area contributed by atoms with Crippen molar-refractivity contribution < 1.29 is 5.11 Å². The van der Waals surface area contributed by atoms with Crippen molar-refractivity contribution in [2.24, 2.45) is 5.92 Å². The molecule has 0 aromatic carbocycles. The van der Waals surface area contributed by atoms with Crippen LogP contribution in [0.1, 0.15) is 19.8 Å². The summed E-state index contributed by atoms with van der Waals surface area (Å²) in [6.45, 7) is 3.29. The molecule has 0 fully saturated rings. The van der Waals surface area contributed by atoms with Gasteiger partial charge >= 0.3 is 0 Å². The average molecular weight is 273 g/mol. The van der Waals surface area contributed by atoms with Crippen LogP contribution in [0.3, 0.4) is 0 Å². The monoisotopic (exact) mass is 272 g/mol. The van der Waals surface area contributed by atoms with Crippen molar-refractivity contribution in [1.29, 1.82) is 0 Å². The SMILES string of the molecule is CCC(CCO)CNc1cncc(Br)c1. The zero-order valence-corrected chi connectivity index (χ0v) is 10.5. The summed E-state index contributed by atoms with van der Waals surface area (Å²) < 4.78 is 0.975. The molecule has 3 nitrogen and oxygen atoms in total. The fourth-order valence-electron chi connectivity index (χ4n) is 1.40. The van der Waals surface area contributed by atoms with Gasteiger partial charge in [-0.2, -0.15) is 0 Å². The minimum absolute atomic E-state index is 0.261. The lowest BCUT2D eigenvalue weighted by atomic mass is 10.0. The zero-order chi connectivity index (χ0) is 11.1. The van der Waals surface area contributed by atoms with Crippen molar-refractivity contribution in [2.45, 2.75) is 19.8 Å². The van der Waals surface area contributed by atoms with Crippen LogP contribution < -0.4 is 5.32 Å². The standard InChI is InChI=1S/C11H17BrN2O/c1-2-9(3-4-15)6-14-11-5-10(12)7-13-8-11/h5,7-9,14-15H,2-4,6H2,1H3. The maximum absolute atomic E-state index is 8.86. The Balaban J connectivity index is 2.41. The molecule has 84 valence electrons. The molecule has 0 radical (unpaired) electrons. The molecule has 4 heteroatoms. The van der Waals surface area contributed by atoms with E-state index in [-0.39, 0.29) is 6.61 Å². The molecule has 1 rings (SSSR count). The number of hydrogen-bond donors (Lipinski definition) is 2. The lowest BCUT2D eigenvalue weighted by Crippen LogP contribution is -2.15. The number of aliphatic hydroxyl groups is 1. The van der Waals surface area contributed by atoms with E-state index in [1.165, 1.54) is 0 Å². The Morgan fingerprint density at radius 2 is 2.33 bits per heavy atom. The first-order valence-corrected chi connectivity index (χ1v) is 6.00. The Labute approximate surface area is 99.1 Å². The quantitative estimate of drug-likeness (QED) is 0.837. The van der Waals surface area contributed by atoms with Gasteiger partial charge < -0.3 is 10.4 Å². The van der Waals surface area contributed by atoms with Gasteiger partial charge in [-0.25, -0.2) is 0 Å². The number of aromatic nitrogens is 1. The van der Waals surface area contributed by atoms with Crippen molar-refractivity contribution in [2.75, 3.05) is 18.5 Å². The molecular weight excluding hydrogens is 256 g/mol. The molecule has 1 heterocycles. The molecule has 0 amide bonds. The van der Waals surface area contributed by atoms with E-state index in [1.807, 2.05) is 6.07 Å². The van der Waals surface area contributed by atoms with Gasteiger partial charge in [-0.3, -0.25) is 4.98 Å². The zero-order valence-electron chi connectivity index (χ0n) is 8.91. The van der Waals surface area contributed by atoms with Crippen LogP contribution >= 0.6 is 15.9 Å². The molecular formula is C11H17BrN2O. The van der Waals surface area contributed by atoms with Gasteiger partial charge in [-0.15, -0.1) is 0 Å². The fraction of sp³-hybridized carbons (Fsp3) is 0.545. The molecule has 2 N–H and O–H groups in total. The summed E-state index contributed by atoms with van der Waals surface area (Å²) in [5.41, 5.74) is 1.01. The summed E-state index contributed by atoms with van der Waals surface area (Å²) >= 11 is 3.37. The second-order valence-electron chi connectivity index (χ2n) is 3.56. The summed E-state index contributed by atoms with van der Waals surface area (Å²) in [4.78, 5) is 4.08. The van der Waals surface area contributed by atoms with Crippen LogP contribution in [0.15, 0.2) is 22.9 Å². The first kappa shape index (κ1) is 12.5. The highest BCUT2D eigenvalue weighted by atomic mass is 79.9. The predicted molar refractivity (Wildman–Crippen MR) is 65.9 cm³/mol. The van der Waals surface area contributed by atoms with Gasteiger partial charge in [0, 0.05) is 23.8 Å². The van der Waals surface area contributed by atoms with Crippen molar-refractivity contribution in [3.8, 4) is 0 Å². The van der Waals surface area contributed by atoms with Crippen LogP contribution in [0, 0.1) is 5.92 Å². The van der Waals surface area contributed by atoms with Gasteiger partial charge in [-0.05, 0) is 34.3 Å². The lowest BCUT2D eigenvalue weighted by Gasteiger charge is -2.14. The normalized spacial score (nSPS) is 12.5. The van der Waals surface area contributed by atoms with Gasteiger partial charge in [0.05, 0.1) is 11.9 Å². The van der Waals surface area contributed by atoms with Gasteiger partial charge in [0.1, 0.15) is 0 Å². The Hall–Kier alpha value is -0.610. The van der Waals surface area contributed by atoms with E-state index in [4.69, 9.17) is 5.11 Å². The molecule has 0 saturated heterocycles. The van der Waals surface area contributed by atoms with Gasteiger partial charge in [0.2, 0.25) is 0 Å². The maximum Gasteiger partial charge on any atom is 0.0538 e. The molecule has 0 bridgehead atoms. The van der Waals surface area contributed by atoms with Crippen LogP contribution in [0.5, 0.6) is 0 Å². The van der Waals surface area contributed by atoms with E-state index in [1.54, 1.807) is 12.4 Å². The molecule has 1 aromatic rings. The number of halogens is 1. The third-order valence-electron chi connectivity index (χ3n) is 2.41. The molecule has 1 unspecified atom stereocenters. The van der Waals surface area contributed by atoms with E-state index in [0.29, 0.717) is 5.92 Å². The summed E-state index contributed by atoms with van der Waals surface area (Å²) in [7, 11) is 0. The molecule has 0 aliphatic rings. The molecule has 0 saturated carbocycles. The average Bonchev–Trinajstić information content (AvgIpc) is 2.24. The van der Waals surface area contributed by atoms with Crippen LogP contribution in [-0.4, -0.2) is 23.2 Å². The third kappa shape index (κ3) is 4.62. The summed E-state index contributed by atoms with van der Waals surface area (Å²) in [5.74, 6) is 0.522. The van der Waals surface area contributed by atoms with Gasteiger partial charge in [0.25, 0.3) is 0 Å². The highest BCUT2D eigenvalue weighted by Gasteiger charge is 2.05. The highest BCUT2D eigenvalue weighted by molar-refractivity contribution is 9.10. The third-order valence-corrected chi connectivity index (χ3v) is 2.85. The Bertz CT molecular complexity index is 294. The van der Waals surface area contributed by atoms with Crippen LogP contribution in [0.2, 0.25) is 0 Å². The second-order valence-corrected chi connectivity index (χ2v) is 4.47. The van der Waals surface area contributed by atoms with Crippen molar-refractivity contribution in [3.63, 3.8) is 0 Å². The molecule has 15 heavy (non-hydrogen) atoms. The molecule has 1 atom stereocenters. The number of nitrogens with one attached hydrogen (secondary N) is 1. The van der Waals surface area contributed by atoms with Gasteiger partial charge in [0.15, 0.2) is 0 Å². The van der Waals surface area contributed by atoms with Crippen molar-refractivity contribution in [3.05, 3.63) is 22.9 Å². The van der Waals surface area contributed by atoms with E-state index < -0.39 is 0 Å². The van der Waals surface area contributed by atoms with Crippen LogP contribution in [0.4, 0.5) is 5.69 Å². The van der Waals surface area contributed by atoms with E-state index in [2.05, 4.69) is 33.2 Å². The Kier molecular flexibility index (Phi) is 5.65. The molecule has 1 aromatic heterocycles. The van der Waals surface area contributed by atoms with Crippen LogP contribution in [0.25, 0.3) is 0 Å². The number of pyridine rings is 1. The second kappa shape index (κ2) is 6.80. The van der Waals surface area contributed by atoms with E-state index in [0.717, 1.165) is 29.5 Å². The number of nitrogens with zero attached hydrogens (tertiary/aromatic N) is 1. The Morgan fingerprint density at radius 1 is 1.53 bits per heavy atom. The Morgan fingerprint density at radius 3 is 2.93 bits per heavy atom. The number of anilines is 1. The topological polar surface area (TPSA) is 45.1 Å². The molecule has 0 aliphatic carbocycles. The maximum atomic E-state index is 8.86. The van der Waals surface area contributed by atoms with Crippen LogP contribution in [-0.2, 0) is 0 Å². The molecule has 0 spiro atoms. The fourth-order valence-corrected chi connectivity index (χ4v) is 1.77. The number of rotatable bonds is 6. The first-order chi connectivity index (χ1) is 7.26. The smallest absolute Gasteiger partial charge is 0.0538 e. The summed E-state index contributed by atoms with van der Waals surface area (Å²) in [5, 5.41) is 12.2. The minimum Gasteiger partial charge on any atom is -0.396 e. The highest BCUT2D eigenvalue weighted by Crippen LogP contribution is 2.15.